The van der Waals surface area contributed by atoms with E-state index in [0.717, 1.165) is 39.0 Å². The van der Waals surface area contributed by atoms with Crippen molar-refractivity contribution in [2.75, 3.05) is 39.8 Å². The molecule has 0 saturated carbocycles. The minimum atomic E-state index is -0.317. The van der Waals surface area contributed by atoms with Crippen LogP contribution >= 0.6 is 24.8 Å². The van der Waals surface area contributed by atoms with Crippen LogP contribution in [0, 0.1) is 0 Å². The lowest BCUT2D eigenvalue weighted by Gasteiger charge is -2.38. The van der Waals surface area contributed by atoms with E-state index in [0.29, 0.717) is 19.2 Å². The highest BCUT2D eigenvalue weighted by Gasteiger charge is 2.32. The van der Waals surface area contributed by atoms with Crippen molar-refractivity contribution in [3.05, 3.63) is 35.9 Å². The lowest BCUT2D eigenvalue weighted by molar-refractivity contribution is -0.151. The van der Waals surface area contributed by atoms with Crippen LogP contribution < -0.4 is 5.32 Å². The van der Waals surface area contributed by atoms with Crippen LogP contribution in [0.15, 0.2) is 30.3 Å². The van der Waals surface area contributed by atoms with Gasteiger partial charge in [-0.05, 0) is 25.5 Å². The highest BCUT2D eigenvalue weighted by Crippen LogP contribution is 2.16. The minimum Gasteiger partial charge on any atom is -0.366 e. The molecule has 1 aromatic carbocycles. The number of carbonyl (C=O) groups excluding carboxylic acids is 1. The van der Waals surface area contributed by atoms with Crippen LogP contribution in [0.2, 0.25) is 0 Å². The molecule has 2 unspecified atom stereocenters. The minimum absolute atomic E-state index is 0. The van der Waals surface area contributed by atoms with E-state index in [1.54, 1.807) is 0 Å². The Morgan fingerprint density at radius 1 is 1.20 bits per heavy atom. The molecule has 5 nitrogen and oxygen atoms in total. The number of nitrogens with zero attached hydrogens (tertiary/aromatic N) is 2. The summed E-state index contributed by atoms with van der Waals surface area (Å²) in [4.78, 5) is 17.1. The first-order valence-corrected chi connectivity index (χ1v) is 8.60. The van der Waals surface area contributed by atoms with Gasteiger partial charge < -0.3 is 15.0 Å². The maximum Gasteiger partial charge on any atom is 0.253 e. The molecule has 25 heavy (non-hydrogen) atoms. The zero-order valence-corrected chi connectivity index (χ0v) is 16.4. The van der Waals surface area contributed by atoms with Crippen LogP contribution in [0.5, 0.6) is 0 Å². The number of likely N-dealkylation sites (tertiary alicyclic amines) is 1. The number of hydrogen-bond donors (Lipinski definition) is 1. The number of halogens is 2. The number of benzene rings is 1. The smallest absolute Gasteiger partial charge is 0.253 e. The second kappa shape index (κ2) is 11.0. The van der Waals surface area contributed by atoms with E-state index in [4.69, 9.17) is 4.74 Å². The monoisotopic (exact) mass is 389 g/mol. The van der Waals surface area contributed by atoms with Crippen molar-refractivity contribution in [1.82, 2.24) is 15.1 Å². The Kier molecular flexibility index (Phi) is 9.75. The third kappa shape index (κ3) is 6.12. The van der Waals surface area contributed by atoms with Gasteiger partial charge in [-0.1, -0.05) is 30.3 Å². The van der Waals surface area contributed by atoms with Gasteiger partial charge in [-0.25, -0.2) is 0 Å². The molecule has 1 aromatic rings. The Balaban J connectivity index is 0.00000156. The molecule has 0 bridgehead atoms. The summed E-state index contributed by atoms with van der Waals surface area (Å²) in [6.45, 7) is 4.75. The summed E-state index contributed by atoms with van der Waals surface area (Å²) in [5.74, 6) is 0.155. The number of nitrogens with one attached hydrogen (secondary N) is 1. The fraction of sp³-hybridized carbons (Fsp3) is 0.611. The van der Waals surface area contributed by atoms with Crippen LogP contribution in [0.4, 0.5) is 0 Å². The molecule has 1 N–H and O–H groups in total. The summed E-state index contributed by atoms with van der Waals surface area (Å²) in [6.07, 6.45) is 1.90. The van der Waals surface area contributed by atoms with Crippen molar-refractivity contribution in [3.8, 4) is 0 Å². The first-order valence-electron chi connectivity index (χ1n) is 8.60. The van der Waals surface area contributed by atoms with E-state index in [9.17, 15) is 4.79 Å². The van der Waals surface area contributed by atoms with Crippen LogP contribution in [-0.2, 0) is 16.1 Å². The van der Waals surface area contributed by atoms with E-state index in [1.807, 2.05) is 18.0 Å². The lowest BCUT2D eigenvalue weighted by Crippen LogP contribution is -2.54. The van der Waals surface area contributed by atoms with Crippen LogP contribution in [0.3, 0.4) is 0 Å². The molecule has 7 heteroatoms. The normalized spacial score (nSPS) is 24.1. The lowest BCUT2D eigenvalue weighted by atomic mass is 10.0. The van der Waals surface area contributed by atoms with Gasteiger partial charge in [0.25, 0.3) is 5.91 Å². The molecule has 2 saturated heterocycles. The fourth-order valence-corrected chi connectivity index (χ4v) is 3.45. The van der Waals surface area contributed by atoms with Gasteiger partial charge in [0.15, 0.2) is 0 Å². The van der Waals surface area contributed by atoms with Gasteiger partial charge in [-0.3, -0.25) is 9.69 Å². The molecular formula is C18H29Cl2N3O2. The first-order chi connectivity index (χ1) is 11.3. The van der Waals surface area contributed by atoms with E-state index >= 15 is 0 Å². The average Bonchev–Trinajstić information content (AvgIpc) is 2.62. The van der Waals surface area contributed by atoms with Gasteiger partial charge in [0.1, 0.15) is 6.10 Å². The van der Waals surface area contributed by atoms with E-state index < -0.39 is 0 Å². The first kappa shape index (κ1) is 22.2. The standard InChI is InChI=1S/C18H27N3O2.2ClH/c1-19-16-8-5-9-21(13-16)18(22)17-14-20(10-11-23-17)12-15-6-3-2-4-7-15;;/h2-4,6-7,16-17,19H,5,8-14H2,1H3;2*1H. The number of likely N-dealkylation sites (N-methyl/N-ethyl adjacent to an activating group) is 1. The number of ether oxygens (including phenoxy) is 1. The van der Waals surface area contributed by atoms with E-state index in [2.05, 4.69) is 34.5 Å². The Morgan fingerprint density at radius 2 is 1.96 bits per heavy atom. The molecule has 0 spiro atoms. The maximum absolute atomic E-state index is 12.8. The van der Waals surface area contributed by atoms with Crippen LogP contribution in [0.1, 0.15) is 18.4 Å². The van der Waals surface area contributed by atoms with Gasteiger partial charge >= 0.3 is 0 Å². The quantitative estimate of drug-likeness (QED) is 0.854. The summed E-state index contributed by atoms with van der Waals surface area (Å²) in [5.41, 5.74) is 1.29. The summed E-state index contributed by atoms with van der Waals surface area (Å²) in [6, 6.07) is 10.8. The van der Waals surface area contributed by atoms with Crippen molar-refractivity contribution >= 4 is 30.7 Å². The van der Waals surface area contributed by atoms with Gasteiger partial charge in [-0.15, -0.1) is 24.8 Å². The van der Waals surface area contributed by atoms with Crippen molar-refractivity contribution < 1.29 is 9.53 Å². The van der Waals surface area contributed by atoms with Gasteiger partial charge in [0, 0.05) is 38.8 Å². The number of carbonyl (C=O) groups is 1. The predicted molar refractivity (Wildman–Crippen MR) is 105 cm³/mol. The molecule has 3 rings (SSSR count). The SMILES string of the molecule is CNC1CCCN(C(=O)C2CN(Cc3ccccc3)CCO2)C1.Cl.Cl. The van der Waals surface area contributed by atoms with Crippen molar-refractivity contribution in [1.29, 1.82) is 0 Å². The number of morpholine rings is 1. The van der Waals surface area contributed by atoms with Crippen molar-refractivity contribution in [3.63, 3.8) is 0 Å². The second-order valence-electron chi connectivity index (χ2n) is 6.49. The molecule has 0 radical (unpaired) electrons. The zero-order valence-electron chi connectivity index (χ0n) is 14.7. The number of hydrogen-bond acceptors (Lipinski definition) is 4. The zero-order chi connectivity index (χ0) is 16.1. The highest BCUT2D eigenvalue weighted by molar-refractivity contribution is 5.85. The number of piperidine rings is 1. The van der Waals surface area contributed by atoms with E-state index in [-0.39, 0.29) is 36.8 Å². The molecule has 2 aliphatic rings. The van der Waals surface area contributed by atoms with Gasteiger partial charge in [-0.2, -0.15) is 0 Å². The van der Waals surface area contributed by atoms with Crippen LogP contribution in [-0.4, -0.2) is 67.7 Å². The molecule has 142 valence electrons. The Morgan fingerprint density at radius 3 is 2.68 bits per heavy atom. The molecule has 0 aromatic heterocycles. The molecule has 2 atom stereocenters. The third-order valence-corrected chi connectivity index (χ3v) is 4.82. The Labute approximate surface area is 162 Å². The van der Waals surface area contributed by atoms with Crippen molar-refractivity contribution in [2.24, 2.45) is 0 Å². The molecule has 0 aliphatic carbocycles. The van der Waals surface area contributed by atoms with Gasteiger partial charge in [0.2, 0.25) is 0 Å². The van der Waals surface area contributed by atoms with Crippen LogP contribution in [0.25, 0.3) is 0 Å². The number of rotatable bonds is 4. The molecule has 1 amide bonds. The topological polar surface area (TPSA) is 44.8 Å². The molecule has 2 fully saturated rings. The summed E-state index contributed by atoms with van der Waals surface area (Å²) >= 11 is 0. The third-order valence-electron chi connectivity index (χ3n) is 4.82. The number of amides is 1. The summed E-state index contributed by atoms with van der Waals surface area (Å²) in [5, 5.41) is 3.29. The fourth-order valence-electron chi connectivity index (χ4n) is 3.45. The molecular weight excluding hydrogens is 361 g/mol. The largest absolute Gasteiger partial charge is 0.366 e. The maximum atomic E-state index is 12.8. The summed E-state index contributed by atoms with van der Waals surface area (Å²) < 4.78 is 5.78. The average molecular weight is 390 g/mol. The Bertz CT molecular complexity index is 518. The van der Waals surface area contributed by atoms with Gasteiger partial charge in [0.05, 0.1) is 6.61 Å². The van der Waals surface area contributed by atoms with E-state index in [1.165, 1.54) is 5.56 Å². The highest BCUT2D eigenvalue weighted by atomic mass is 35.5. The van der Waals surface area contributed by atoms with Crippen molar-refractivity contribution in [2.45, 2.75) is 31.5 Å². The molecule has 2 aliphatic heterocycles. The predicted octanol–water partition coefficient (Wildman–Crippen LogP) is 1.94. The molecule has 2 heterocycles. The summed E-state index contributed by atoms with van der Waals surface area (Å²) in [7, 11) is 1.97. The Hall–Kier alpha value is -0.850. The second-order valence-corrected chi connectivity index (χ2v) is 6.49.